The van der Waals surface area contributed by atoms with Crippen molar-refractivity contribution in [3.05, 3.63) is 49.6 Å². The molecule has 0 radical (unpaired) electrons. The zero-order chi connectivity index (χ0) is 33.1. The van der Waals surface area contributed by atoms with E-state index >= 15 is 4.79 Å². The van der Waals surface area contributed by atoms with Gasteiger partial charge in [-0.1, -0.05) is 46.3 Å². The van der Waals surface area contributed by atoms with Crippen molar-refractivity contribution in [1.29, 1.82) is 0 Å². The van der Waals surface area contributed by atoms with Gasteiger partial charge in [-0.05, 0) is 62.8 Å². The lowest BCUT2D eigenvalue weighted by molar-refractivity contribution is -0.146. The van der Waals surface area contributed by atoms with E-state index in [9.17, 15) is 14.7 Å². The van der Waals surface area contributed by atoms with Gasteiger partial charge in [-0.25, -0.2) is 0 Å². The molecular weight excluding hydrogens is 584 g/mol. The summed E-state index contributed by atoms with van der Waals surface area (Å²) in [5.41, 5.74) is 1.82. The molecule has 3 heterocycles. The molecule has 0 aliphatic carbocycles. The highest BCUT2D eigenvalue weighted by molar-refractivity contribution is 8.02. The number of carbonyl (C=O) groups excluding carboxylic acids is 3. The van der Waals surface area contributed by atoms with E-state index in [4.69, 9.17) is 0 Å². The largest absolute Gasteiger partial charge is 0.394 e. The predicted molar refractivity (Wildman–Crippen MR) is 185 cm³/mol. The molecule has 248 valence electrons. The van der Waals surface area contributed by atoms with Gasteiger partial charge in [0.25, 0.3) is 5.91 Å². The predicted octanol–water partition coefficient (Wildman–Crippen LogP) is 5.22. The number of anilines is 2. The number of hydrogen-bond donors (Lipinski definition) is 1. The van der Waals surface area contributed by atoms with E-state index in [-0.39, 0.29) is 48.0 Å². The molecule has 4 rings (SSSR count). The summed E-state index contributed by atoms with van der Waals surface area (Å²) in [6, 6.07) is 6.66. The van der Waals surface area contributed by atoms with E-state index in [1.165, 1.54) is 0 Å². The topological polar surface area (TPSA) is 84.4 Å². The number of rotatable bonds is 16. The second-order valence-electron chi connectivity index (χ2n) is 12.9. The maximum absolute atomic E-state index is 15.1. The third kappa shape index (κ3) is 5.95. The highest BCUT2D eigenvalue weighted by Crippen LogP contribution is 2.69. The van der Waals surface area contributed by atoms with Crippen molar-refractivity contribution in [2.45, 2.75) is 82.9 Å². The molecule has 9 heteroatoms. The molecule has 8 nitrogen and oxygen atoms in total. The number of aliphatic hydroxyl groups excluding tert-OH is 1. The molecule has 3 amide bonds. The molecule has 0 saturated carbocycles. The van der Waals surface area contributed by atoms with Crippen molar-refractivity contribution in [3.63, 3.8) is 0 Å². The summed E-state index contributed by atoms with van der Waals surface area (Å²) in [6.45, 7) is 23.1. The van der Waals surface area contributed by atoms with Crippen LogP contribution in [0.4, 0.5) is 11.4 Å². The number of likely N-dealkylation sites (tertiary alicyclic amines) is 1. The van der Waals surface area contributed by atoms with Crippen LogP contribution in [0, 0.1) is 23.7 Å². The Bertz CT molecular complexity index is 1240. The lowest BCUT2D eigenvalue weighted by atomic mass is 9.65. The molecule has 1 aromatic carbocycles. The van der Waals surface area contributed by atoms with Crippen molar-refractivity contribution in [2.24, 2.45) is 23.7 Å². The van der Waals surface area contributed by atoms with E-state index in [0.29, 0.717) is 13.1 Å². The number of amides is 3. The highest BCUT2D eigenvalue weighted by atomic mass is 32.2. The summed E-state index contributed by atoms with van der Waals surface area (Å²) in [5.74, 6) is -1.50. The summed E-state index contributed by atoms with van der Waals surface area (Å²) in [7, 11) is 0. The van der Waals surface area contributed by atoms with Crippen LogP contribution in [0.1, 0.15) is 60.8 Å². The van der Waals surface area contributed by atoms with Crippen molar-refractivity contribution < 1.29 is 19.5 Å². The Kier molecular flexibility index (Phi) is 11.5. The second-order valence-corrected chi connectivity index (χ2v) is 14.5. The molecule has 2 bridgehead atoms. The third-order valence-corrected chi connectivity index (χ3v) is 12.6. The number of benzene rings is 1. The molecule has 8 atom stereocenters. The number of carbonyl (C=O) groups is 3. The van der Waals surface area contributed by atoms with Crippen LogP contribution in [-0.4, -0.2) is 94.0 Å². The zero-order valence-electron chi connectivity index (χ0n) is 28.2. The summed E-state index contributed by atoms with van der Waals surface area (Å²) in [4.78, 5) is 51.7. The first kappa shape index (κ1) is 35.1. The van der Waals surface area contributed by atoms with Crippen LogP contribution in [0.3, 0.4) is 0 Å². The van der Waals surface area contributed by atoms with E-state index in [1.807, 2.05) is 49.9 Å². The molecule has 3 saturated heterocycles. The first-order valence-electron chi connectivity index (χ1n) is 16.9. The fraction of sp³-hybridized carbons (Fsp3) is 0.639. The average molecular weight is 639 g/mol. The summed E-state index contributed by atoms with van der Waals surface area (Å²) in [6.07, 6.45) is 5.78. The maximum Gasteiger partial charge on any atom is 0.251 e. The van der Waals surface area contributed by atoms with Crippen LogP contribution in [0.2, 0.25) is 0 Å². The Morgan fingerprint density at radius 3 is 2.22 bits per heavy atom. The molecule has 1 aromatic rings. The van der Waals surface area contributed by atoms with Crippen molar-refractivity contribution in [2.75, 3.05) is 49.1 Å². The minimum Gasteiger partial charge on any atom is -0.394 e. The van der Waals surface area contributed by atoms with Crippen LogP contribution >= 0.6 is 11.8 Å². The molecule has 0 aromatic heterocycles. The van der Waals surface area contributed by atoms with Crippen LogP contribution in [0.5, 0.6) is 0 Å². The van der Waals surface area contributed by atoms with Gasteiger partial charge in [-0.3, -0.25) is 14.4 Å². The molecule has 45 heavy (non-hydrogen) atoms. The zero-order valence-corrected chi connectivity index (χ0v) is 29.0. The number of hydrogen-bond acceptors (Lipinski definition) is 6. The molecule has 3 unspecified atom stereocenters. The van der Waals surface area contributed by atoms with Gasteiger partial charge in [0.1, 0.15) is 6.04 Å². The van der Waals surface area contributed by atoms with E-state index < -0.39 is 28.7 Å². The van der Waals surface area contributed by atoms with Crippen molar-refractivity contribution >= 4 is 40.9 Å². The maximum atomic E-state index is 15.1. The first-order chi connectivity index (χ1) is 21.6. The Morgan fingerprint density at radius 1 is 1.07 bits per heavy atom. The highest BCUT2D eigenvalue weighted by Gasteiger charge is 2.77. The molecular formula is C36H54N4O4S. The van der Waals surface area contributed by atoms with Crippen LogP contribution in [0.25, 0.3) is 0 Å². The van der Waals surface area contributed by atoms with Crippen LogP contribution in [0.15, 0.2) is 49.6 Å². The van der Waals surface area contributed by atoms with Crippen molar-refractivity contribution in [1.82, 2.24) is 9.80 Å². The summed E-state index contributed by atoms with van der Waals surface area (Å²) in [5, 5.41) is 10.7. The summed E-state index contributed by atoms with van der Waals surface area (Å²) >= 11 is 1.68. The quantitative estimate of drug-likeness (QED) is 0.250. The van der Waals surface area contributed by atoms with Crippen LogP contribution in [-0.2, 0) is 14.4 Å². The van der Waals surface area contributed by atoms with Gasteiger partial charge >= 0.3 is 0 Å². The van der Waals surface area contributed by atoms with E-state index in [0.717, 1.165) is 43.7 Å². The molecule has 1 N–H and O–H groups in total. The van der Waals surface area contributed by atoms with Gasteiger partial charge in [0, 0.05) is 49.3 Å². The third-order valence-electron chi connectivity index (χ3n) is 10.6. The van der Waals surface area contributed by atoms with Gasteiger partial charge in [0.05, 0.1) is 29.2 Å². The Balaban J connectivity index is 1.84. The number of nitrogens with zero attached hydrogens (tertiary/aromatic N) is 4. The fourth-order valence-corrected chi connectivity index (χ4v) is 10.5. The SMILES string of the molecule is C=CCN(CCC)C(=O)[C@@H]1[C@H]2C(=O)N([C@@H](CO)[C@@H](C)CC)C(C(=O)N(CC=C)c3ccc(N(CC)CC)cc3)C23S[C@@H]1CC3C. The Labute approximate surface area is 274 Å². The van der Waals surface area contributed by atoms with E-state index in [1.54, 1.807) is 33.7 Å². The Morgan fingerprint density at radius 2 is 1.69 bits per heavy atom. The average Bonchev–Trinajstić information content (AvgIpc) is 3.64. The van der Waals surface area contributed by atoms with Gasteiger partial charge in [-0.15, -0.1) is 24.9 Å². The first-order valence-corrected chi connectivity index (χ1v) is 17.8. The van der Waals surface area contributed by atoms with Crippen LogP contribution < -0.4 is 9.80 Å². The lowest BCUT2D eigenvalue weighted by Crippen LogP contribution is -2.60. The van der Waals surface area contributed by atoms with Crippen molar-refractivity contribution in [3.8, 4) is 0 Å². The fourth-order valence-electron chi connectivity index (χ4n) is 8.15. The molecule has 3 aliphatic heterocycles. The van der Waals surface area contributed by atoms with Gasteiger partial charge in [-0.2, -0.15) is 0 Å². The number of thioether (sulfide) groups is 1. The minimum absolute atomic E-state index is 0.0200. The normalized spacial score (nSPS) is 28.0. The van der Waals surface area contributed by atoms with Gasteiger partial charge < -0.3 is 24.7 Å². The second kappa shape index (κ2) is 14.8. The molecule has 3 fully saturated rings. The minimum atomic E-state index is -0.814. The molecule has 1 spiro atoms. The molecule has 3 aliphatic rings. The standard InChI is InChI=1S/C36H54N4O4S/c1-9-19-38(20-10-2)33(42)30-29-22-25(8)36(45-29)31(30)34(43)40(28(23-41)24(7)12-4)32(36)35(44)39(21-11-3)27-17-15-26(16-18-27)37(13-5)14-6/h9,11,15-18,24-25,28-32,41H,1,3,10,12-14,19-23H2,2,4-8H3/t24-,25?,28-,29+,30-,31-,32?,36?/m0/s1. The monoisotopic (exact) mass is 638 g/mol. The Hall–Kier alpha value is -2.78. The van der Waals surface area contributed by atoms with Gasteiger partial charge in [0.15, 0.2) is 0 Å². The number of fused-ring (bicyclic) bond motifs is 1. The van der Waals surface area contributed by atoms with E-state index in [2.05, 4.69) is 38.8 Å². The van der Waals surface area contributed by atoms with Gasteiger partial charge in [0.2, 0.25) is 11.8 Å². The number of aliphatic hydroxyl groups is 1. The smallest absolute Gasteiger partial charge is 0.251 e. The lowest BCUT2D eigenvalue weighted by Gasteiger charge is -2.43. The summed E-state index contributed by atoms with van der Waals surface area (Å²) < 4.78 is -0.771.